The molecule has 0 spiro atoms. The van der Waals surface area contributed by atoms with E-state index in [0.717, 1.165) is 31.7 Å². The molecule has 1 aromatic carbocycles. The number of alkyl halides is 3. The zero-order chi connectivity index (χ0) is 24.4. The number of hydrogen-bond acceptors (Lipinski definition) is 5. The first-order valence-corrected chi connectivity index (χ1v) is 10.7. The molecule has 33 heavy (non-hydrogen) atoms. The lowest BCUT2D eigenvalue weighted by Crippen LogP contribution is -2.36. The van der Waals surface area contributed by atoms with Crippen molar-refractivity contribution in [2.45, 2.75) is 44.8 Å². The number of ether oxygens (including phenoxy) is 1. The molecule has 0 radical (unpaired) electrons. The molecule has 0 atom stereocenters. The number of benzene rings is 1. The molecule has 0 saturated carbocycles. The van der Waals surface area contributed by atoms with Crippen molar-refractivity contribution < 1.29 is 32.6 Å². The summed E-state index contributed by atoms with van der Waals surface area (Å²) in [7, 11) is 1.57. The molecular weight excluding hydrogens is 441 g/mol. The number of unbranched alkanes of at least 4 members (excludes halogenated alkanes) is 1. The number of carbonyl (C=O) groups excluding carboxylic acids is 1. The Morgan fingerprint density at radius 3 is 2.42 bits per heavy atom. The molecule has 2 N–H and O–H groups in total. The Kier molecular flexibility index (Phi) is 9.71. The predicted octanol–water partition coefficient (Wildman–Crippen LogP) is 4.21. The molecule has 0 bridgehead atoms. The molecule has 3 rings (SSSR count). The van der Waals surface area contributed by atoms with E-state index in [4.69, 9.17) is 14.6 Å². The summed E-state index contributed by atoms with van der Waals surface area (Å²) in [6.07, 6.45) is 1.28. The zero-order valence-electron chi connectivity index (χ0n) is 18.6. The van der Waals surface area contributed by atoms with Crippen molar-refractivity contribution >= 4 is 17.7 Å². The van der Waals surface area contributed by atoms with Crippen LogP contribution in [0.2, 0.25) is 0 Å². The van der Waals surface area contributed by atoms with E-state index in [0.29, 0.717) is 17.4 Å². The summed E-state index contributed by atoms with van der Waals surface area (Å²) in [6.45, 7) is 5.59. The van der Waals surface area contributed by atoms with Crippen molar-refractivity contribution in [2.24, 2.45) is 0 Å². The van der Waals surface area contributed by atoms with Crippen LogP contribution in [0.4, 0.5) is 19.0 Å². The molecule has 2 aromatic rings. The molecule has 1 saturated heterocycles. The molecule has 11 heteroatoms. The number of piperidine rings is 1. The number of carboxylic acid groups (broad SMARTS) is 1. The van der Waals surface area contributed by atoms with Crippen LogP contribution in [-0.4, -0.2) is 64.6 Å². The summed E-state index contributed by atoms with van der Waals surface area (Å²) in [5, 5.41) is 14.6. The molecule has 1 aliphatic heterocycles. The fourth-order valence-corrected chi connectivity index (χ4v) is 3.49. The van der Waals surface area contributed by atoms with Gasteiger partial charge in [0.1, 0.15) is 11.6 Å². The lowest BCUT2D eigenvalue weighted by molar-refractivity contribution is -0.192. The summed E-state index contributed by atoms with van der Waals surface area (Å²) in [4.78, 5) is 24.1. The van der Waals surface area contributed by atoms with Crippen LogP contribution in [0, 0.1) is 0 Å². The largest absolute Gasteiger partial charge is 0.496 e. The lowest BCUT2D eigenvalue weighted by atomic mass is 10.0. The van der Waals surface area contributed by atoms with Gasteiger partial charge in [-0.05, 0) is 37.9 Å². The highest BCUT2D eigenvalue weighted by Gasteiger charge is 2.38. The monoisotopic (exact) mass is 470 g/mol. The number of amides is 1. The SMILES string of the molecule is CCCCN1CCC(n2nccc2NC(=O)c2ccccc2OC)CC1.O=C(O)C(F)(F)F. The first-order chi connectivity index (χ1) is 15.7. The number of aliphatic carboxylic acids is 1. The molecular formula is C22H29F3N4O4. The van der Waals surface area contributed by atoms with Crippen molar-refractivity contribution in [1.82, 2.24) is 14.7 Å². The van der Waals surface area contributed by atoms with Crippen molar-refractivity contribution in [3.8, 4) is 5.75 Å². The van der Waals surface area contributed by atoms with Crippen LogP contribution in [0.25, 0.3) is 0 Å². The summed E-state index contributed by atoms with van der Waals surface area (Å²) in [6, 6.07) is 9.43. The minimum absolute atomic E-state index is 0.176. The molecule has 0 unspecified atom stereocenters. The van der Waals surface area contributed by atoms with E-state index in [1.54, 1.807) is 25.4 Å². The van der Waals surface area contributed by atoms with Crippen LogP contribution >= 0.6 is 0 Å². The summed E-state index contributed by atoms with van der Waals surface area (Å²) in [5.41, 5.74) is 0.525. The number of carbonyl (C=O) groups is 2. The van der Waals surface area contributed by atoms with Gasteiger partial charge in [-0.2, -0.15) is 18.3 Å². The van der Waals surface area contributed by atoms with E-state index in [-0.39, 0.29) is 5.91 Å². The van der Waals surface area contributed by atoms with Gasteiger partial charge in [-0.3, -0.25) is 4.79 Å². The number of likely N-dealkylation sites (tertiary alicyclic amines) is 1. The van der Waals surface area contributed by atoms with Crippen molar-refractivity contribution in [1.29, 1.82) is 0 Å². The minimum Gasteiger partial charge on any atom is -0.496 e. The van der Waals surface area contributed by atoms with Crippen molar-refractivity contribution in [3.05, 3.63) is 42.1 Å². The average molecular weight is 470 g/mol. The van der Waals surface area contributed by atoms with Gasteiger partial charge in [-0.25, -0.2) is 9.48 Å². The van der Waals surface area contributed by atoms with E-state index < -0.39 is 12.1 Å². The second-order valence-corrected chi connectivity index (χ2v) is 7.54. The summed E-state index contributed by atoms with van der Waals surface area (Å²) < 4.78 is 39.0. The number of aromatic nitrogens is 2. The van der Waals surface area contributed by atoms with E-state index in [2.05, 4.69) is 22.2 Å². The van der Waals surface area contributed by atoms with E-state index in [1.165, 1.54) is 19.4 Å². The van der Waals surface area contributed by atoms with Crippen LogP contribution in [0.3, 0.4) is 0 Å². The van der Waals surface area contributed by atoms with Crippen LogP contribution in [0.5, 0.6) is 5.75 Å². The second-order valence-electron chi connectivity index (χ2n) is 7.54. The molecule has 1 amide bonds. The highest BCUT2D eigenvalue weighted by Crippen LogP contribution is 2.26. The van der Waals surface area contributed by atoms with Gasteiger partial charge in [0, 0.05) is 19.2 Å². The van der Waals surface area contributed by atoms with Gasteiger partial charge in [-0.15, -0.1) is 0 Å². The number of hydrogen-bond donors (Lipinski definition) is 2. The normalized spacial score (nSPS) is 14.8. The second kappa shape index (κ2) is 12.2. The number of carboxylic acids is 1. The Morgan fingerprint density at radius 2 is 1.85 bits per heavy atom. The Morgan fingerprint density at radius 1 is 1.21 bits per heavy atom. The number of nitrogens with one attached hydrogen (secondary N) is 1. The zero-order valence-corrected chi connectivity index (χ0v) is 18.6. The maximum Gasteiger partial charge on any atom is 0.490 e. The summed E-state index contributed by atoms with van der Waals surface area (Å²) >= 11 is 0. The number of para-hydroxylation sites is 1. The van der Waals surface area contributed by atoms with Gasteiger partial charge in [0.15, 0.2) is 0 Å². The minimum atomic E-state index is -5.08. The van der Waals surface area contributed by atoms with Crippen LogP contribution in [-0.2, 0) is 4.79 Å². The Balaban J connectivity index is 0.000000479. The van der Waals surface area contributed by atoms with Crippen LogP contribution in [0.15, 0.2) is 36.5 Å². The first-order valence-electron chi connectivity index (χ1n) is 10.7. The number of methoxy groups -OCH3 is 1. The molecule has 1 fully saturated rings. The Bertz CT molecular complexity index is 909. The first kappa shape index (κ1) is 26.2. The van der Waals surface area contributed by atoms with Gasteiger partial charge in [0.2, 0.25) is 0 Å². The number of anilines is 1. The fourth-order valence-electron chi connectivity index (χ4n) is 3.49. The maximum atomic E-state index is 12.7. The van der Waals surface area contributed by atoms with Gasteiger partial charge in [0.05, 0.1) is 24.9 Å². The van der Waals surface area contributed by atoms with Gasteiger partial charge in [-0.1, -0.05) is 25.5 Å². The number of halogens is 3. The maximum absolute atomic E-state index is 12.7. The molecule has 8 nitrogen and oxygen atoms in total. The van der Waals surface area contributed by atoms with Gasteiger partial charge in [0.25, 0.3) is 5.91 Å². The Hall–Kier alpha value is -3.08. The number of rotatable bonds is 7. The van der Waals surface area contributed by atoms with Crippen molar-refractivity contribution in [2.75, 3.05) is 32.1 Å². The molecule has 182 valence electrons. The average Bonchev–Trinajstić information content (AvgIpc) is 3.25. The third-order valence-electron chi connectivity index (χ3n) is 5.24. The number of nitrogens with zero attached hydrogens (tertiary/aromatic N) is 3. The fraction of sp³-hybridized carbons (Fsp3) is 0.500. The highest BCUT2D eigenvalue weighted by molar-refractivity contribution is 6.05. The van der Waals surface area contributed by atoms with Crippen LogP contribution < -0.4 is 10.1 Å². The van der Waals surface area contributed by atoms with Gasteiger partial charge >= 0.3 is 12.1 Å². The molecule has 2 heterocycles. The quantitative estimate of drug-likeness (QED) is 0.629. The third-order valence-corrected chi connectivity index (χ3v) is 5.24. The smallest absolute Gasteiger partial charge is 0.490 e. The van der Waals surface area contributed by atoms with E-state index >= 15 is 0 Å². The highest BCUT2D eigenvalue weighted by atomic mass is 19.4. The standard InChI is InChI=1S/C20H28N4O2.C2HF3O2/c1-3-4-13-23-14-10-16(11-15-23)24-19(9-12-21-24)22-20(25)17-7-5-6-8-18(17)26-2;3-2(4,5)1(6)7/h5-9,12,16H,3-4,10-11,13-15H2,1-2H3,(H,22,25);(H,6,7). The predicted molar refractivity (Wildman–Crippen MR) is 116 cm³/mol. The third kappa shape index (κ3) is 7.77. The molecule has 1 aliphatic rings. The lowest BCUT2D eigenvalue weighted by Gasteiger charge is -2.32. The molecule has 1 aromatic heterocycles. The summed E-state index contributed by atoms with van der Waals surface area (Å²) in [5.74, 6) is -1.62. The molecule has 0 aliphatic carbocycles. The van der Waals surface area contributed by atoms with E-state index in [9.17, 15) is 18.0 Å². The van der Waals surface area contributed by atoms with Crippen molar-refractivity contribution in [3.63, 3.8) is 0 Å². The van der Waals surface area contributed by atoms with Gasteiger partial charge < -0.3 is 20.1 Å². The van der Waals surface area contributed by atoms with Crippen LogP contribution in [0.1, 0.15) is 49.0 Å². The Labute approximate surface area is 190 Å². The topological polar surface area (TPSA) is 96.7 Å². The van der Waals surface area contributed by atoms with E-state index in [1.807, 2.05) is 22.9 Å².